The van der Waals surface area contributed by atoms with Crippen LogP contribution < -0.4 is 24.8 Å². The predicted molar refractivity (Wildman–Crippen MR) is 190 cm³/mol. The van der Waals surface area contributed by atoms with Crippen LogP contribution in [0.4, 0.5) is 17.1 Å². The first-order valence-electron chi connectivity index (χ1n) is 15.6. The summed E-state index contributed by atoms with van der Waals surface area (Å²) < 4.78 is 8.84. The van der Waals surface area contributed by atoms with Gasteiger partial charge in [0.2, 0.25) is 0 Å². The predicted octanol–water partition coefficient (Wildman–Crippen LogP) is 7.98. The van der Waals surface area contributed by atoms with E-state index in [2.05, 4.69) is 159 Å². The normalized spacial score (nSPS) is 14.1. The molecule has 0 amide bonds. The molecule has 0 saturated heterocycles. The van der Waals surface area contributed by atoms with Gasteiger partial charge in [0.05, 0.1) is 23.4 Å². The minimum Gasteiger partial charge on any atom is -0.457 e. The second-order valence-corrected chi connectivity index (χ2v) is 11.8. The van der Waals surface area contributed by atoms with Gasteiger partial charge in [0.15, 0.2) is 0 Å². The van der Waals surface area contributed by atoms with Crippen molar-refractivity contribution >= 4 is 51.2 Å². The van der Waals surface area contributed by atoms with Gasteiger partial charge in [-0.25, -0.2) is 4.98 Å². The Kier molecular flexibility index (Phi) is 6.09. The maximum atomic E-state index is 6.63. The molecule has 7 heteroatoms. The van der Waals surface area contributed by atoms with Crippen LogP contribution in [0.5, 0.6) is 11.5 Å². The lowest BCUT2D eigenvalue weighted by Crippen LogP contribution is -2.55. The second kappa shape index (κ2) is 10.6. The van der Waals surface area contributed by atoms with Gasteiger partial charge in [-0.15, -0.1) is 0 Å². The smallest absolute Gasteiger partial charge is 0.342 e. The minimum absolute atomic E-state index is 0.0881. The highest BCUT2D eigenvalue weighted by Gasteiger charge is 2.42. The van der Waals surface area contributed by atoms with E-state index < -0.39 is 0 Å². The maximum absolute atomic E-state index is 6.63. The Morgan fingerprint density at radius 1 is 0.652 bits per heavy atom. The van der Waals surface area contributed by atoms with E-state index in [1.165, 1.54) is 33.2 Å². The summed E-state index contributed by atoms with van der Waals surface area (Å²) in [6, 6.07) is 48.6. The number of para-hydroxylation sites is 2. The number of aromatic nitrogens is 2. The fourth-order valence-electron chi connectivity index (χ4n) is 7.04. The van der Waals surface area contributed by atoms with Gasteiger partial charge in [-0.3, -0.25) is 4.57 Å². The molecule has 0 fully saturated rings. The van der Waals surface area contributed by atoms with Gasteiger partial charge in [0.1, 0.15) is 17.3 Å². The van der Waals surface area contributed by atoms with Crippen LogP contribution in [-0.4, -0.2) is 30.1 Å². The molecule has 0 aliphatic carbocycles. The van der Waals surface area contributed by atoms with Crippen LogP contribution in [0.2, 0.25) is 0 Å². The zero-order chi connectivity index (χ0) is 30.6. The SMILES string of the molecule is CN1B(c2ccccc2)C2=CN(c3ccccc3)CN2c2cc(Oc3ccc4c5ccccc5n(-c5ccccn5)c4c3)ccc21. The summed E-state index contributed by atoms with van der Waals surface area (Å²) in [7, 11) is 2.19. The average molecular weight is 596 g/mol. The van der Waals surface area contributed by atoms with Crippen LogP contribution in [0.3, 0.4) is 0 Å². The van der Waals surface area contributed by atoms with Crippen LogP contribution in [-0.2, 0) is 0 Å². The Balaban J connectivity index is 1.12. The number of rotatable bonds is 5. The van der Waals surface area contributed by atoms with E-state index in [0.717, 1.165) is 40.7 Å². The van der Waals surface area contributed by atoms with E-state index in [-0.39, 0.29) is 6.85 Å². The van der Waals surface area contributed by atoms with Gasteiger partial charge in [-0.05, 0) is 67.1 Å². The van der Waals surface area contributed by atoms with Gasteiger partial charge < -0.3 is 19.3 Å². The molecule has 0 spiro atoms. The second-order valence-electron chi connectivity index (χ2n) is 11.8. The number of pyridine rings is 1. The largest absolute Gasteiger partial charge is 0.457 e. The van der Waals surface area contributed by atoms with Crippen molar-refractivity contribution < 1.29 is 4.74 Å². The Hall–Kier alpha value is -5.95. The molecule has 0 N–H and O–H groups in total. The van der Waals surface area contributed by atoms with Crippen LogP contribution in [0.25, 0.3) is 27.6 Å². The molecule has 9 rings (SSSR count). The number of hydrogen-bond acceptors (Lipinski definition) is 5. The van der Waals surface area contributed by atoms with Crippen molar-refractivity contribution in [2.75, 3.05) is 28.3 Å². The van der Waals surface area contributed by atoms with E-state index in [9.17, 15) is 0 Å². The van der Waals surface area contributed by atoms with E-state index in [4.69, 9.17) is 4.74 Å². The minimum atomic E-state index is 0.0881. The lowest BCUT2D eigenvalue weighted by Gasteiger charge is -2.41. The average Bonchev–Trinajstić information content (AvgIpc) is 3.70. The molecule has 220 valence electrons. The molecule has 0 atom stereocenters. The van der Waals surface area contributed by atoms with Crippen molar-refractivity contribution in [1.29, 1.82) is 0 Å². The number of anilines is 3. The molecule has 5 aromatic carbocycles. The Labute approximate surface area is 268 Å². The lowest BCUT2D eigenvalue weighted by molar-refractivity contribution is 0.483. The quantitative estimate of drug-likeness (QED) is 0.189. The summed E-state index contributed by atoms with van der Waals surface area (Å²) in [5.41, 5.74) is 8.14. The van der Waals surface area contributed by atoms with Crippen LogP contribution >= 0.6 is 0 Å². The molecule has 2 aromatic heterocycles. The summed E-state index contributed by atoms with van der Waals surface area (Å²) in [5.74, 6) is 2.46. The van der Waals surface area contributed by atoms with Gasteiger partial charge in [0, 0.05) is 52.3 Å². The Bertz CT molecular complexity index is 2250. The van der Waals surface area contributed by atoms with Crippen molar-refractivity contribution in [2.45, 2.75) is 0 Å². The highest BCUT2D eigenvalue weighted by molar-refractivity contribution is 6.84. The third-order valence-corrected chi connectivity index (χ3v) is 9.14. The molecule has 4 heterocycles. The summed E-state index contributed by atoms with van der Waals surface area (Å²) in [6.07, 6.45) is 4.13. The van der Waals surface area contributed by atoms with Crippen molar-refractivity contribution in [2.24, 2.45) is 0 Å². The maximum Gasteiger partial charge on any atom is 0.342 e. The molecule has 0 saturated carbocycles. The number of hydrogen-bond donors (Lipinski definition) is 0. The first-order chi connectivity index (χ1) is 22.7. The first kappa shape index (κ1) is 26.5. The molecule has 7 aromatic rings. The Morgan fingerprint density at radius 2 is 1.37 bits per heavy atom. The number of benzene rings is 5. The monoisotopic (exact) mass is 595 g/mol. The van der Waals surface area contributed by atoms with Crippen molar-refractivity contribution in [3.05, 3.63) is 158 Å². The van der Waals surface area contributed by atoms with Gasteiger partial charge in [-0.1, -0.05) is 72.8 Å². The Morgan fingerprint density at radius 3 is 2.20 bits per heavy atom. The fraction of sp³-hybridized carbons (Fsp3) is 0.0513. The number of fused-ring (bicyclic) bond motifs is 6. The fourth-order valence-corrected chi connectivity index (χ4v) is 7.04. The van der Waals surface area contributed by atoms with E-state index in [0.29, 0.717) is 0 Å². The molecule has 0 radical (unpaired) electrons. The van der Waals surface area contributed by atoms with Crippen LogP contribution in [0.1, 0.15) is 0 Å². The van der Waals surface area contributed by atoms with E-state index in [1.54, 1.807) is 0 Å². The molecular formula is C39H30BN5O. The molecule has 46 heavy (non-hydrogen) atoms. The summed E-state index contributed by atoms with van der Waals surface area (Å²) in [5, 5.41) is 2.36. The highest BCUT2D eigenvalue weighted by atomic mass is 16.5. The molecule has 6 nitrogen and oxygen atoms in total. The highest BCUT2D eigenvalue weighted by Crippen LogP contribution is 2.44. The summed E-state index contributed by atoms with van der Waals surface area (Å²) >= 11 is 0. The zero-order valence-corrected chi connectivity index (χ0v) is 25.4. The van der Waals surface area contributed by atoms with Crippen molar-refractivity contribution in [3.63, 3.8) is 0 Å². The zero-order valence-electron chi connectivity index (χ0n) is 25.4. The molecule has 2 aliphatic rings. The lowest BCUT2D eigenvalue weighted by atomic mass is 9.50. The third-order valence-electron chi connectivity index (χ3n) is 9.14. The van der Waals surface area contributed by atoms with E-state index in [1.807, 2.05) is 24.4 Å². The molecule has 2 aliphatic heterocycles. The molecular weight excluding hydrogens is 565 g/mol. The van der Waals surface area contributed by atoms with Gasteiger partial charge >= 0.3 is 6.85 Å². The van der Waals surface area contributed by atoms with Gasteiger partial charge in [-0.2, -0.15) is 0 Å². The standard InChI is InChI=1S/C39H30BN5O/c1-42-35-22-20-31(46-30-19-21-33-32-16-8-9-17-34(32)45(36(33)24-30)39-18-10-11-23-41-39)25-37(35)44-27-43(29-14-6-3-7-15-29)26-38(44)40(42)28-12-4-2-5-13-28/h2-26H,27H2,1H3. The van der Waals surface area contributed by atoms with Gasteiger partial charge in [0.25, 0.3) is 0 Å². The van der Waals surface area contributed by atoms with E-state index >= 15 is 0 Å². The third kappa shape index (κ3) is 4.24. The number of ether oxygens (including phenoxy) is 1. The molecule has 0 unspecified atom stereocenters. The van der Waals surface area contributed by atoms with Crippen molar-refractivity contribution in [1.82, 2.24) is 9.55 Å². The topological polar surface area (TPSA) is 36.8 Å². The summed E-state index contributed by atoms with van der Waals surface area (Å²) in [4.78, 5) is 11.8. The van der Waals surface area contributed by atoms with Crippen molar-refractivity contribution in [3.8, 4) is 17.3 Å². The first-order valence-corrected chi connectivity index (χ1v) is 15.6. The van der Waals surface area contributed by atoms with Crippen LogP contribution in [0.15, 0.2) is 158 Å². The van der Waals surface area contributed by atoms with Crippen LogP contribution in [0, 0.1) is 0 Å². The number of nitrogens with zero attached hydrogens (tertiary/aromatic N) is 5. The molecule has 0 bridgehead atoms. The summed E-state index contributed by atoms with van der Waals surface area (Å²) in [6.45, 7) is 0.813.